The number of rotatable bonds is 8. The molecule has 0 radical (unpaired) electrons. The molecule has 2 N–H and O–H groups in total. The lowest BCUT2D eigenvalue weighted by Gasteiger charge is -2.14. The van der Waals surface area contributed by atoms with Gasteiger partial charge < -0.3 is 20.1 Å². The van der Waals surface area contributed by atoms with E-state index in [1.807, 2.05) is 6.07 Å². The normalized spacial score (nSPS) is 11.4. The van der Waals surface area contributed by atoms with Crippen molar-refractivity contribution in [3.05, 3.63) is 78.1 Å². The van der Waals surface area contributed by atoms with Crippen LogP contribution in [0.5, 0.6) is 11.5 Å². The van der Waals surface area contributed by atoms with Crippen LogP contribution in [0.1, 0.15) is 17.3 Å². The van der Waals surface area contributed by atoms with Gasteiger partial charge in [0.05, 0.1) is 19.5 Å². The molecule has 0 aliphatic carbocycles. The molecule has 3 aromatic rings. The van der Waals surface area contributed by atoms with Crippen LogP contribution in [0.15, 0.2) is 71.6 Å². The third-order valence-electron chi connectivity index (χ3n) is 4.54. The second-order valence-corrected chi connectivity index (χ2v) is 8.19. The van der Waals surface area contributed by atoms with Crippen LogP contribution in [0.2, 0.25) is 0 Å². The highest BCUT2D eigenvalue weighted by atomic mass is 32.2. The van der Waals surface area contributed by atoms with Crippen molar-refractivity contribution in [2.75, 3.05) is 24.9 Å². The van der Waals surface area contributed by atoms with E-state index in [2.05, 4.69) is 10.6 Å². The quantitative estimate of drug-likeness (QED) is 0.457. The number of amides is 2. The Morgan fingerprint density at radius 2 is 1.50 bits per heavy atom. The molecule has 0 aliphatic rings. The summed E-state index contributed by atoms with van der Waals surface area (Å²) in [6, 6.07) is 17.9. The highest BCUT2D eigenvalue weighted by Gasteiger charge is 2.19. The molecule has 0 heterocycles. The van der Waals surface area contributed by atoms with Crippen LogP contribution in [0.4, 0.5) is 15.8 Å². The number of benzene rings is 3. The number of hydrogen-bond donors (Lipinski definition) is 2. The lowest BCUT2D eigenvalue weighted by Crippen LogP contribution is -2.22. The predicted molar refractivity (Wildman–Crippen MR) is 124 cm³/mol. The minimum Gasteiger partial charge on any atom is -0.496 e. The predicted octanol–water partition coefficient (Wildman–Crippen LogP) is 5.21. The summed E-state index contributed by atoms with van der Waals surface area (Å²) in [5.41, 5.74) is 1.39. The van der Waals surface area contributed by atoms with Gasteiger partial charge in [0.15, 0.2) is 0 Å². The molecule has 1 atom stereocenters. The number of carbonyl (C=O) groups excluding carboxylic acids is 2. The molecule has 0 saturated heterocycles. The maximum Gasteiger partial charge on any atom is 0.263 e. The fraction of sp³-hybridized carbons (Fsp3) is 0.167. The summed E-state index contributed by atoms with van der Waals surface area (Å²) in [4.78, 5) is 26.1. The zero-order valence-corrected chi connectivity index (χ0v) is 18.7. The summed E-state index contributed by atoms with van der Waals surface area (Å²) in [7, 11) is 2.97. The van der Waals surface area contributed by atoms with Crippen LogP contribution in [-0.4, -0.2) is 31.3 Å². The summed E-state index contributed by atoms with van der Waals surface area (Å²) in [6.07, 6.45) is 0. The molecular weight excluding hydrogens is 431 g/mol. The fourth-order valence-electron chi connectivity index (χ4n) is 2.95. The van der Waals surface area contributed by atoms with Gasteiger partial charge in [0.25, 0.3) is 5.91 Å². The first-order chi connectivity index (χ1) is 15.4. The van der Waals surface area contributed by atoms with Crippen molar-refractivity contribution in [2.24, 2.45) is 0 Å². The highest BCUT2D eigenvalue weighted by Crippen LogP contribution is 2.30. The van der Waals surface area contributed by atoms with Gasteiger partial charge in [-0.25, -0.2) is 4.39 Å². The van der Waals surface area contributed by atoms with E-state index in [4.69, 9.17) is 9.47 Å². The first kappa shape index (κ1) is 23.1. The maximum atomic E-state index is 13.0. The highest BCUT2D eigenvalue weighted by molar-refractivity contribution is 8.00. The van der Waals surface area contributed by atoms with Gasteiger partial charge in [-0.1, -0.05) is 12.1 Å². The smallest absolute Gasteiger partial charge is 0.263 e. The SMILES string of the molecule is COc1cccc(OC)c1C(=O)Nc1cccc(SC(C)C(=O)Nc2ccc(F)cc2)c1. The zero-order valence-electron chi connectivity index (χ0n) is 17.8. The van der Waals surface area contributed by atoms with Gasteiger partial charge >= 0.3 is 0 Å². The first-order valence-electron chi connectivity index (χ1n) is 9.76. The fourth-order valence-corrected chi connectivity index (χ4v) is 3.88. The van der Waals surface area contributed by atoms with Crippen LogP contribution in [0, 0.1) is 5.82 Å². The molecule has 0 aliphatic heterocycles. The number of halogens is 1. The molecule has 0 fully saturated rings. The Kier molecular flexibility index (Phi) is 7.72. The average Bonchev–Trinajstić information content (AvgIpc) is 2.80. The summed E-state index contributed by atoms with van der Waals surface area (Å²) in [6.45, 7) is 1.77. The van der Waals surface area contributed by atoms with Gasteiger partial charge in [-0.05, 0) is 61.5 Å². The second-order valence-electron chi connectivity index (χ2n) is 6.78. The molecule has 0 bridgehead atoms. The summed E-state index contributed by atoms with van der Waals surface area (Å²) >= 11 is 1.34. The second kappa shape index (κ2) is 10.7. The van der Waals surface area contributed by atoms with Crippen molar-refractivity contribution in [3.63, 3.8) is 0 Å². The molecule has 2 amide bonds. The van der Waals surface area contributed by atoms with Crippen molar-refractivity contribution in [1.29, 1.82) is 0 Å². The standard InChI is InChI=1S/C24H23FN2O4S/c1-15(23(28)26-17-12-10-16(25)11-13-17)32-19-7-4-6-18(14-19)27-24(29)22-20(30-2)8-5-9-21(22)31-3/h4-15H,1-3H3,(H,26,28)(H,27,29). The molecule has 1 unspecified atom stereocenters. The first-order valence-corrected chi connectivity index (χ1v) is 10.6. The number of ether oxygens (including phenoxy) is 2. The monoisotopic (exact) mass is 454 g/mol. The molecule has 3 rings (SSSR count). The minimum atomic E-state index is -0.416. The van der Waals surface area contributed by atoms with Gasteiger partial charge in [-0.15, -0.1) is 11.8 Å². The van der Waals surface area contributed by atoms with E-state index < -0.39 is 5.25 Å². The Hall–Kier alpha value is -3.52. The van der Waals surface area contributed by atoms with E-state index in [1.165, 1.54) is 50.2 Å². The zero-order chi connectivity index (χ0) is 23.1. The Bertz CT molecular complexity index is 1080. The lowest BCUT2D eigenvalue weighted by atomic mass is 10.1. The Balaban J connectivity index is 1.68. The molecule has 0 saturated carbocycles. The van der Waals surface area contributed by atoms with Gasteiger partial charge in [0, 0.05) is 16.3 Å². The number of methoxy groups -OCH3 is 2. The number of nitrogens with one attached hydrogen (secondary N) is 2. The largest absolute Gasteiger partial charge is 0.496 e. The topological polar surface area (TPSA) is 76.7 Å². The van der Waals surface area contributed by atoms with E-state index >= 15 is 0 Å². The van der Waals surface area contributed by atoms with Crippen LogP contribution < -0.4 is 20.1 Å². The Morgan fingerprint density at radius 1 is 0.875 bits per heavy atom. The van der Waals surface area contributed by atoms with Crippen LogP contribution >= 0.6 is 11.8 Å². The molecule has 8 heteroatoms. The summed E-state index contributed by atoms with van der Waals surface area (Å²) < 4.78 is 23.6. The van der Waals surface area contributed by atoms with Gasteiger partial charge in [0.1, 0.15) is 22.9 Å². The van der Waals surface area contributed by atoms with Crippen molar-refractivity contribution >= 4 is 35.0 Å². The van der Waals surface area contributed by atoms with Gasteiger partial charge in [-0.3, -0.25) is 9.59 Å². The summed E-state index contributed by atoms with van der Waals surface area (Å²) in [5.74, 6) is -0.148. The van der Waals surface area contributed by atoms with E-state index in [-0.39, 0.29) is 17.6 Å². The van der Waals surface area contributed by atoms with Crippen LogP contribution in [-0.2, 0) is 4.79 Å². The molecule has 3 aromatic carbocycles. The molecule has 0 aromatic heterocycles. The van der Waals surface area contributed by atoms with Crippen molar-refractivity contribution in [2.45, 2.75) is 17.1 Å². The molecule has 166 valence electrons. The maximum absolute atomic E-state index is 13.0. The average molecular weight is 455 g/mol. The Morgan fingerprint density at radius 3 is 2.12 bits per heavy atom. The number of carbonyl (C=O) groups is 2. The third kappa shape index (κ3) is 5.79. The molecule has 32 heavy (non-hydrogen) atoms. The third-order valence-corrected chi connectivity index (χ3v) is 5.63. The van der Waals surface area contributed by atoms with Gasteiger partial charge in [0.2, 0.25) is 5.91 Å². The van der Waals surface area contributed by atoms with Gasteiger partial charge in [-0.2, -0.15) is 0 Å². The number of anilines is 2. The Labute approximate surface area is 190 Å². The van der Waals surface area contributed by atoms with E-state index in [1.54, 1.807) is 43.3 Å². The number of hydrogen-bond acceptors (Lipinski definition) is 5. The van der Waals surface area contributed by atoms with E-state index in [0.29, 0.717) is 28.4 Å². The molecule has 6 nitrogen and oxygen atoms in total. The lowest BCUT2D eigenvalue weighted by molar-refractivity contribution is -0.115. The van der Waals surface area contributed by atoms with E-state index in [0.717, 1.165) is 4.90 Å². The van der Waals surface area contributed by atoms with Crippen LogP contribution in [0.25, 0.3) is 0 Å². The molecule has 0 spiro atoms. The van der Waals surface area contributed by atoms with Crippen LogP contribution in [0.3, 0.4) is 0 Å². The number of thioether (sulfide) groups is 1. The van der Waals surface area contributed by atoms with Crippen molar-refractivity contribution in [3.8, 4) is 11.5 Å². The van der Waals surface area contributed by atoms with Crippen molar-refractivity contribution in [1.82, 2.24) is 0 Å². The molecular formula is C24H23FN2O4S. The van der Waals surface area contributed by atoms with Crippen molar-refractivity contribution < 1.29 is 23.5 Å². The van der Waals surface area contributed by atoms with E-state index in [9.17, 15) is 14.0 Å². The minimum absolute atomic E-state index is 0.213. The summed E-state index contributed by atoms with van der Waals surface area (Å²) in [5, 5.41) is 5.19.